The highest BCUT2D eigenvalue weighted by molar-refractivity contribution is 7.93. The highest BCUT2D eigenvalue weighted by Gasteiger charge is 2.48. The SMILES string of the molecule is COc1cccc(-c2nnc(NS(=O)(=O)[C@@H](C)[C@H](OC)c3ncc(Cl)cn3)n2C23CC(C)CC(CC(C)C2)C3)n1. The van der Waals surface area contributed by atoms with E-state index in [2.05, 4.69) is 43.7 Å². The Morgan fingerprint density at radius 2 is 1.75 bits per heavy atom. The van der Waals surface area contributed by atoms with Gasteiger partial charge in [0.1, 0.15) is 17.0 Å². The second-order valence-corrected chi connectivity index (χ2v) is 13.9. The van der Waals surface area contributed by atoms with Crippen LogP contribution in [-0.4, -0.2) is 57.6 Å². The minimum Gasteiger partial charge on any atom is -0.481 e. The van der Waals surface area contributed by atoms with E-state index in [1.165, 1.54) is 19.5 Å². The standard InChI is InChI=1S/C27H36ClN7O4S/c1-16-9-19-10-17(2)12-27(11-16,13-19)35-25(21-7-6-8-22(31-21)38-4)32-33-26(35)34-40(36,37)18(3)23(39-5)24-29-14-20(28)15-30-24/h6-8,14-19,23H,9-13H2,1-5H3,(H,33,34)/t16?,17?,18-,19?,23-,27?/m0/s1. The van der Waals surface area contributed by atoms with Gasteiger partial charge < -0.3 is 9.47 Å². The van der Waals surface area contributed by atoms with Crippen LogP contribution >= 0.6 is 11.6 Å². The van der Waals surface area contributed by atoms with Crippen LogP contribution in [0.1, 0.15) is 64.8 Å². The van der Waals surface area contributed by atoms with Gasteiger partial charge in [-0.2, -0.15) is 0 Å². The van der Waals surface area contributed by atoms with Crippen LogP contribution in [0.5, 0.6) is 5.88 Å². The quantitative estimate of drug-likeness (QED) is 0.371. The number of rotatable bonds is 9. The van der Waals surface area contributed by atoms with E-state index < -0.39 is 21.4 Å². The van der Waals surface area contributed by atoms with Gasteiger partial charge in [-0.05, 0) is 62.8 Å². The smallest absolute Gasteiger partial charge is 0.240 e. The van der Waals surface area contributed by atoms with E-state index in [9.17, 15) is 8.42 Å². The maximum atomic E-state index is 13.8. The van der Waals surface area contributed by atoms with Gasteiger partial charge in [0.05, 0.1) is 17.7 Å². The summed E-state index contributed by atoms with van der Waals surface area (Å²) in [5.74, 6) is 2.83. The van der Waals surface area contributed by atoms with Crippen molar-refractivity contribution in [3.8, 4) is 17.4 Å². The highest BCUT2D eigenvalue weighted by atomic mass is 35.5. The van der Waals surface area contributed by atoms with Crippen molar-refractivity contribution >= 4 is 27.6 Å². The van der Waals surface area contributed by atoms with E-state index in [1.807, 2.05) is 16.7 Å². The molecule has 2 aliphatic carbocycles. The number of pyridine rings is 1. The number of hydrogen-bond acceptors (Lipinski definition) is 9. The Bertz CT molecular complexity index is 1430. The topological polar surface area (TPSA) is 134 Å². The van der Waals surface area contributed by atoms with Crippen LogP contribution in [0.4, 0.5) is 5.95 Å². The molecule has 2 aliphatic rings. The molecule has 3 aromatic rings. The maximum absolute atomic E-state index is 13.8. The average molecular weight is 590 g/mol. The lowest BCUT2D eigenvalue weighted by atomic mass is 9.61. The van der Waals surface area contributed by atoms with E-state index in [0.29, 0.717) is 40.2 Å². The van der Waals surface area contributed by atoms with Crippen molar-refractivity contribution in [2.45, 2.75) is 69.8 Å². The zero-order valence-corrected chi connectivity index (χ0v) is 25.0. The largest absolute Gasteiger partial charge is 0.481 e. The van der Waals surface area contributed by atoms with Gasteiger partial charge in [-0.1, -0.05) is 31.5 Å². The number of nitrogens with one attached hydrogen (secondary N) is 1. The number of halogens is 1. The Kier molecular flexibility index (Phi) is 8.04. The molecule has 2 bridgehead atoms. The lowest BCUT2D eigenvalue weighted by Gasteiger charge is -2.51. The normalized spacial score (nSPS) is 26.2. The highest BCUT2D eigenvalue weighted by Crippen LogP contribution is 2.53. The van der Waals surface area contributed by atoms with Crippen LogP contribution in [0.25, 0.3) is 11.5 Å². The molecule has 2 fully saturated rings. The first-order valence-corrected chi connectivity index (χ1v) is 15.5. The Balaban J connectivity index is 1.59. The first-order valence-electron chi connectivity index (χ1n) is 13.5. The fourth-order valence-electron chi connectivity index (χ4n) is 6.90. The summed E-state index contributed by atoms with van der Waals surface area (Å²) in [7, 11) is -1.05. The van der Waals surface area contributed by atoms with Crippen LogP contribution < -0.4 is 9.46 Å². The summed E-state index contributed by atoms with van der Waals surface area (Å²) in [6, 6.07) is 5.45. The zero-order chi connectivity index (χ0) is 28.7. The Hall–Kier alpha value is -2.83. The summed E-state index contributed by atoms with van der Waals surface area (Å²) in [6.45, 7) is 6.09. The molecule has 216 valence electrons. The Morgan fingerprint density at radius 1 is 1.07 bits per heavy atom. The molecular weight excluding hydrogens is 554 g/mol. The molecule has 0 aliphatic heterocycles. The molecule has 3 heterocycles. The summed E-state index contributed by atoms with van der Waals surface area (Å²) < 4.78 is 43.3. The van der Waals surface area contributed by atoms with Crippen LogP contribution in [0.3, 0.4) is 0 Å². The van der Waals surface area contributed by atoms with Crippen molar-refractivity contribution in [2.75, 3.05) is 18.9 Å². The van der Waals surface area contributed by atoms with Crippen LogP contribution in [0.15, 0.2) is 30.6 Å². The third-order valence-corrected chi connectivity index (χ3v) is 10.1. The number of nitrogens with zero attached hydrogens (tertiary/aromatic N) is 6. The third kappa shape index (κ3) is 5.53. The number of ether oxygens (including phenoxy) is 2. The van der Waals surface area contributed by atoms with Crippen molar-refractivity contribution < 1.29 is 17.9 Å². The minimum atomic E-state index is -4.04. The van der Waals surface area contributed by atoms with Crippen molar-refractivity contribution in [2.24, 2.45) is 17.8 Å². The third-order valence-electron chi connectivity index (χ3n) is 8.19. The molecule has 0 radical (unpaired) electrons. The molecule has 4 atom stereocenters. The first kappa shape index (κ1) is 28.7. The molecule has 0 saturated heterocycles. The fourth-order valence-corrected chi connectivity index (χ4v) is 8.13. The van der Waals surface area contributed by atoms with Crippen molar-refractivity contribution in [3.63, 3.8) is 0 Å². The van der Waals surface area contributed by atoms with Crippen molar-refractivity contribution in [3.05, 3.63) is 41.4 Å². The molecular formula is C27H36ClN7O4S. The number of methoxy groups -OCH3 is 2. The molecule has 2 unspecified atom stereocenters. The van der Waals surface area contributed by atoms with Gasteiger partial charge in [0.15, 0.2) is 11.6 Å². The second kappa shape index (κ2) is 11.2. The summed E-state index contributed by atoms with van der Waals surface area (Å²) in [6.07, 6.45) is 6.94. The van der Waals surface area contributed by atoms with Crippen LogP contribution in [0.2, 0.25) is 5.02 Å². The Labute approximate surface area is 240 Å². The Morgan fingerprint density at radius 3 is 2.38 bits per heavy atom. The van der Waals surface area contributed by atoms with E-state index in [0.717, 1.165) is 32.1 Å². The molecule has 11 nitrogen and oxygen atoms in total. The molecule has 40 heavy (non-hydrogen) atoms. The molecule has 13 heteroatoms. The molecule has 2 saturated carbocycles. The molecule has 1 N–H and O–H groups in total. The predicted molar refractivity (Wildman–Crippen MR) is 151 cm³/mol. The summed E-state index contributed by atoms with van der Waals surface area (Å²) in [4.78, 5) is 13.0. The van der Waals surface area contributed by atoms with Gasteiger partial charge in [0.2, 0.25) is 21.9 Å². The zero-order valence-electron chi connectivity index (χ0n) is 23.4. The van der Waals surface area contributed by atoms with Gasteiger partial charge in [-0.25, -0.2) is 23.4 Å². The molecule has 0 amide bonds. The monoisotopic (exact) mass is 589 g/mol. The number of hydrogen-bond donors (Lipinski definition) is 1. The maximum Gasteiger partial charge on any atom is 0.240 e. The molecule has 0 aromatic carbocycles. The number of sulfonamides is 1. The minimum absolute atomic E-state index is 0.167. The van der Waals surface area contributed by atoms with Crippen molar-refractivity contribution in [1.82, 2.24) is 29.7 Å². The van der Waals surface area contributed by atoms with Crippen molar-refractivity contribution in [1.29, 1.82) is 0 Å². The molecule has 0 spiro atoms. The summed E-state index contributed by atoms with van der Waals surface area (Å²) >= 11 is 5.93. The summed E-state index contributed by atoms with van der Waals surface area (Å²) in [5.41, 5.74) is 0.210. The lowest BCUT2D eigenvalue weighted by molar-refractivity contribution is 0.0300. The number of fused-ring (bicyclic) bond motifs is 2. The van der Waals surface area contributed by atoms with E-state index in [1.54, 1.807) is 20.1 Å². The average Bonchev–Trinajstić information content (AvgIpc) is 3.33. The van der Waals surface area contributed by atoms with E-state index in [-0.39, 0.29) is 17.3 Å². The molecule has 5 rings (SSSR count). The van der Waals surface area contributed by atoms with Gasteiger partial charge in [0, 0.05) is 25.6 Å². The first-order chi connectivity index (χ1) is 19.0. The summed E-state index contributed by atoms with van der Waals surface area (Å²) in [5, 5.41) is 8.20. The van der Waals surface area contributed by atoms with Gasteiger partial charge in [-0.15, -0.1) is 10.2 Å². The van der Waals surface area contributed by atoms with E-state index in [4.69, 9.17) is 21.1 Å². The second-order valence-electron chi connectivity index (χ2n) is 11.4. The van der Waals surface area contributed by atoms with E-state index >= 15 is 0 Å². The van der Waals surface area contributed by atoms with Gasteiger partial charge >= 0.3 is 0 Å². The fraction of sp³-hybridized carbons (Fsp3) is 0.593. The van der Waals surface area contributed by atoms with Gasteiger partial charge in [0.25, 0.3) is 0 Å². The predicted octanol–water partition coefficient (Wildman–Crippen LogP) is 4.87. The number of anilines is 1. The van der Waals surface area contributed by atoms with Gasteiger partial charge in [-0.3, -0.25) is 9.29 Å². The van der Waals surface area contributed by atoms with Crippen LogP contribution in [-0.2, 0) is 20.3 Å². The molecule has 3 aromatic heterocycles. The van der Waals surface area contributed by atoms with Crippen LogP contribution in [0, 0.1) is 17.8 Å². The number of aromatic nitrogens is 6. The lowest BCUT2D eigenvalue weighted by Crippen LogP contribution is -2.47.